The molecule has 4 heterocycles. The summed E-state index contributed by atoms with van der Waals surface area (Å²) in [7, 11) is 0. The standard InChI is InChI=1S/C11H14N2.C8H8N3.CH3.K/c1-11(2,3)8-4-6-12-9-5-7-13-10(8)9;1-2-11-8-7(6-10-11)4-3-5-9-8;;/h4-7,13H,1-3H3;4-6H,2H2,1H3;1H3;/q;2*-1;+1. The molecule has 0 aliphatic rings. The van der Waals surface area contributed by atoms with Gasteiger partial charge < -0.3 is 12.4 Å². The van der Waals surface area contributed by atoms with Crippen molar-refractivity contribution in [3.05, 3.63) is 62.0 Å². The molecule has 0 aromatic carbocycles. The zero-order valence-electron chi connectivity index (χ0n) is 16.5. The molecule has 0 aliphatic heterocycles. The third-order valence-corrected chi connectivity index (χ3v) is 3.90. The van der Waals surface area contributed by atoms with E-state index in [2.05, 4.69) is 53.0 Å². The van der Waals surface area contributed by atoms with Crippen molar-refractivity contribution in [3.8, 4) is 0 Å². The molecule has 0 saturated carbocycles. The Bertz CT molecular complexity index is 949. The van der Waals surface area contributed by atoms with Crippen LogP contribution < -0.4 is 51.4 Å². The van der Waals surface area contributed by atoms with Crippen LogP contribution in [0.5, 0.6) is 0 Å². The first-order valence-electron chi connectivity index (χ1n) is 8.11. The second-order valence-corrected chi connectivity index (χ2v) is 6.65. The number of aromatic nitrogens is 5. The van der Waals surface area contributed by atoms with Gasteiger partial charge in [-0.1, -0.05) is 27.0 Å². The molecule has 0 unspecified atom stereocenters. The Morgan fingerprint density at radius 1 is 1.19 bits per heavy atom. The maximum absolute atomic E-state index is 4.28. The molecule has 0 radical (unpaired) electrons. The largest absolute Gasteiger partial charge is 1.00 e. The number of nitrogens with one attached hydrogen (secondary N) is 1. The minimum absolute atomic E-state index is 0. The molecular weight excluding hydrogens is 349 g/mol. The van der Waals surface area contributed by atoms with Crippen molar-refractivity contribution in [2.75, 3.05) is 0 Å². The third kappa shape index (κ3) is 5.01. The summed E-state index contributed by atoms with van der Waals surface area (Å²) in [6.45, 7) is 9.54. The normalized spacial score (nSPS) is 10.6. The zero-order valence-corrected chi connectivity index (χ0v) is 19.7. The molecule has 4 aromatic heterocycles. The first-order chi connectivity index (χ1) is 11.5. The van der Waals surface area contributed by atoms with E-state index in [-0.39, 0.29) is 64.2 Å². The number of hydrogen-bond donors (Lipinski definition) is 1. The summed E-state index contributed by atoms with van der Waals surface area (Å²) in [5, 5.41) is 5.20. The maximum Gasteiger partial charge on any atom is 1.00 e. The molecular formula is C20H25KN5-. The maximum atomic E-state index is 4.28. The van der Waals surface area contributed by atoms with Gasteiger partial charge in [0.05, 0.1) is 16.7 Å². The summed E-state index contributed by atoms with van der Waals surface area (Å²) in [6.07, 6.45) is 7.28. The van der Waals surface area contributed by atoms with Crippen LogP contribution in [0.15, 0.2) is 43.0 Å². The van der Waals surface area contributed by atoms with Crippen molar-refractivity contribution in [3.63, 3.8) is 0 Å². The van der Waals surface area contributed by atoms with E-state index in [9.17, 15) is 0 Å². The van der Waals surface area contributed by atoms with Gasteiger partial charge in [0.15, 0.2) is 0 Å². The average molecular weight is 375 g/mol. The van der Waals surface area contributed by atoms with E-state index < -0.39 is 0 Å². The predicted molar refractivity (Wildman–Crippen MR) is 103 cm³/mol. The van der Waals surface area contributed by atoms with E-state index in [0.717, 1.165) is 28.6 Å². The van der Waals surface area contributed by atoms with Crippen molar-refractivity contribution < 1.29 is 51.4 Å². The fraction of sp³-hybridized carbons (Fsp3) is 0.300. The molecule has 0 spiro atoms. The quantitative estimate of drug-likeness (QED) is 0.406. The second kappa shape index (κ2) is 9.76. The van der Waals surface area contributed by atoms with Gasteiger partial charge in [-0.05, 0) is 36.2 Å². The Morgan fingerprint density at radius 3 is 2.65 bits per heavy atom. The van der Waals surface area contributed by atoms with Crippen LogP contribution in [0, 0.1) is 13.5 Å². The van der Waals surface area contributed by atoms with Gasteiger partial charge in [-0.2, -0.15) is 5.10 Å². The molecule has 4 aromatic rings. The Morgan fingerprint density at radius 2 is 1.96 bits per heavy atom. The van der Waals surface area contributed by atoms with Crippen LogP contribution in [-0.4, -0.2) is 24.7 Å². The Kier molecular flexibility index (Phi) is 8.63. The van der Waals surface area contributed by atoms with Crippen molar-refractivity contribution in [1.82, 2.24) is 24.7 Å². The van der Waals surface area contributed by atoms with Crippen LogP contribution in [-0.2, 0) is 12.0 Å². The van der Waals surface area contributed by atoms with Crippen molar-refractivity contribution in [2.45, 2.75) is 39.7 Å². The molecule has 5 nitrogen and oxygen atoms in total. The van der Waals surface area contributed by atoms with Crippen LogP contribution in [0.3, 0.4) is 0 Å². The van der Waals surface area contributed by atoms with Gasteiger partial charge in [0.25, 0.3) is 0 Å². The topological polar surface area (TPSA) is 59.4 Å². The molecule has 0 atom stereocenters. The molecule has 0 bridgehead atoms. The van der Waals surface area contributed by atoms with E-state index in [1.54, 1.807) is 6.20 Å². The van der Waals surface area contributed by atoms with Crippen molar-refractivity contribution in [2.24, 2.45) is 0 Å². The first-order valence-corrected chi connectivity index (χ1v) is 8.11. The van der Waals surface area contributed by atoms with E-state index in [1.165, 1.54) is 5.56 Å². The Balaban J connectivity index is 0.000000244. The average Bonchev–Trinajstić information content (AvgIpc) is 3.20. The summed E-state index contributed by atoms with van der Waals surface area (Å²) in [5.41, 5.74) is 4.64. The summed E-state index contributed by atoms with van der Waals surface area (Å²) >= 11 is 0. The van der Waals surface area contributed by atoms with Crippen molar-refractivity contribution in [1.29, 1.82) is 0 Å². The molecule has 132 valence electrons. The molecule has 26 heavy (non-hydrogen) atoms. The predicted octanol–water partition coefficient (Wildman–Crippen LogP) is 1.57. The molecule has 0 amide bonds. The number of fused-ring (bicyclic) bond motifs is 2. The smallest absolute Gasteiger partial charge is 0.360 e. The molecule has 0 saturated heterocycles. The minimum atomic E-state index is 0. The van der Waals surface area contributed by atoms with Crippen LogP contribution in [0.2, 0.25) is 0 Å². The molecule has 0 aliphatic carbocycles. The van der Waals surface area contributed by atoms with Crippen LogP contribution in [0.1, 0.15) is 33.3 Å². The summed E-state index contributed by atoms with van der Waals surface area (Å²) < 4.78 is 1.86. The number of H-pyrrole nitrogens is 1. The Labute approximate surface area is 198 Å². The fourth-order valence-corrected chi connectivity index (χ4v) is 2.68. The van der Waals surface area contributed by atoms with Gasteiger partial charge in [-0.3, -0.25) is 14.6 Å². The second-order valence-electron chi connectivity index (χ2n) is 6.65. The number of pyridine rings is 2. The van der Waals surface area contributed by atoms with E-state index in [0.29, 0.717) is 0 Å². The number of aromatic amines is 1. The SMILES string of the molecule is CC(C)(C)c1ccnc2cc[nH]c12.CCn1ncc2c[c-]cnc21.[CH3-].[K+]. The van der Waals surface area contributed by atoms with Gasteiger partial charge in [0.1, 0.15) is 0 Å². The minimum Gasteiger partial charge on any atom is -0.360 e. The monoisotopic (exact) mass is 374 g/mol. The summed E-state index contributed by atoms with van der Waals surface area (Å²) in [4.78, 5) is 11.7. The number of aryl methyl sites for hydroxylation is 1. The zero-order chi connectivity index (χ0) is 17.2. The number of rotatable bonds is 1. The number of nitrogens with zero attached hydrogens (tertiary/aromatic N) is 4. The number of hydrogen-bond acceptors (Lipinski definition) is 3. The van der Waals surface area contributed by atoms with Gasteiger partial charge in [-0.15, -0.1) is 5.39 Å². The van der Waals surface area contributed by atoms with E-state index in [4.69, 9.17) is 0 Å². The van der Waals surface area contributed by atoms with Crippen LogP contribution in [0.25, 0.3) is 22.1 Å². The first kappa shape index (κ1) is 23.0. The third-order valence-electron chi connectivity index (χ3n) is 3.90. The Hall–Kier alpha value is -1.05. The van der Waals surface area contributed by atoms with E-state index >= 15 is 0 Å². The molecule has 0 fully saturated rings. The van der Waals surface area contributed by atoms with Crippen molar-refractivity contribution >= 4 is 22.1 Å². The molecule has 1 N–H and O–H groups in total. The van der Waals surface area contributed by atoms with Crippen LogP contribution in [0.4, 0.5) is 0 Å². The van der Waals surface area contributed by atoms with Gasteiger partial charge >= 0.3 is 51.4 Å². The fourth-order valence-electron chi connectivity index (χ4n) is 2.68. The summed E-state index contributed by atoms with van der Waals surface area (Å²) in [6, 6.07) is 8.89. The van der Waals surface area contributed by atoms with Gasteiger partial charge in [-0.25, -0.2) is 12.1 Å². The molecule has 4 rings (SSSR count). The van der Waals surface area contributed by atoms with Gasteiger partial charge in [0, 0.05) is 18.9 Å². The van der Waals surface area contributed by atoms with Gasteiger partial charge in [0.2, 0.25) is 0 Å². The van der Waals surface area contributed by atoms with Crippen LogP contribution >= 0.6 is 0 Å². The molecule has 6 heteroatoms. The summed E-state index contributed by atoms with van der Waals surface area (Å²) in [5.74, 6) is 0. The van der Waals surface area contributed by atoms with E-state index in [1.807, 2.05) is 42.3 Å².